The van der Waals surface area contributed by atoms with Crippen LogP contribution in [0.25, 0.3) is 0 Å². The van der Waals surface area contributed by atoms with Gasteiger partial charge in [0.25, 0.3) is 0 Å². The second-order valence-corrected chi connectivity index (χ2v) is 9.42. The second kappa shape index (κ2) is 9.75. The molecule has 0 spiro atoms. The van der Waals surface area contributed by atoms with Crippen molar-refractivity contribution in [3.05, 3.63) is 0 Å². The second-order valence-electron chi connectivity index (χ2n) is 6.86. The Morgan fingerprint density at radius 2 is 1.35 bits per heavy atom. The Kier molecular flexibility index (Phi) is 7.97. The largest absolute Gasteiger partial charge is 0.329 e. The zero-order chi connectivity index (χ0) is 19.3. The van der Waals surface area contributed by atoms with Gasteiger partial charge >= 0.3 is 0 Å². The first-order chi connectivity index (χ1) is 12.3. The van der Waals surface area contributed by atoms with Crippen molar-refractivity contribution in [2.45, 2.75) is 68.1 Å². The molecule has 0 radical (unpaired) electrons. The molecule has 7 nitrogen and oxygen atoms in total. The van der Waals surface area contributed by atoms with Gasteiger partial charge in [-0.3, -0.25) is 29.0 Å². The molecule has 2 fully saturated rings. The SMILES string of the molecule is CC(C)SC1CC(=O)N(CCCCCCN2C(=O)CC(SO)C2=O)C1=O. The number of hydrogen-bond donors (Lipinski definition) is 1. The van der Waals surface area contributed by atoms with Gasteiger partial charge in [0, 0.05) is 31.6 Å². The Bertz CT molecular complexity index is 569. The lowest BCUT2D eigenvalue weighted by Crippen LogP contribution is -2.33. The highest BCUT2D eigenvalue weighted by Gasteiger charge is 2.39. The van der Waals surface area contributed by atoms with Gasteiger partial charge in [0.05, 0.1) is 11.7 Å². The van der Waals surface area contributed by atoms with E-state index in [0.717, 1.165) is 19.3 Å². The molecule has 0 saturated carbocycles. The average molecular weight is 403 g/mol. The van der Waals surface area contributed by atoms with Crippen LogP contribution < -0.4 is 0 Å². The molecule has 4 amide bonds. The fourth-order valence-electron chi connectivity index (χ4n) is 3.19. The topological polar surface area (TPSA) is 95.0 Å². The van der Waals surface area contributed by atoms with Gasteiger partial charge in [0.2, 0.25) is 23.6 Å². The molecule has 2 atom stereocenters. The number of rotatable bonds is 10. The highest BCUT2D eigenvalue weighted by atomic mass is 32.2. The van der Waals surface area contributed by atoms with Crippen molar-refractivity contribution in [1.82, 2.24) is 9.80 Å². The van der Waals surface area contributed by atoms with Crippen molar-refractivity contribution in [2.75, 3.05) is 13.1 Å². The predicted octanol–water partition coefficient (Wildman–Crippen LogP) is 2.15. The summed E-state index contributed by atoms with van der Waals surface area (Å²) in [7, 11) is 0. The molecule has 0 aromatic heterocycles. The fourth-order valence-corrected chi connectivity index (χ4v) is 4.76. The van der Waals surface area contributed by atoms with Gasteiger partial charge in [0.15, 0.2) is 0 Å². The van der Waals surface area contributed by atoms with Crippen molar-refractivity contribution in [2.24, 2.45) is 0 Å². The van der Waals surface area contributed by atoms with Crippen LogP contribution in [-0.4, -0.2) is 66.8 Å². The first-order valence-electron chi connectivity index (χ1n) is 8.99. The Morgan fingerprint density at radius 1 is 0.885 bits per heavy atom. The quantitative estimate of drug-likeness (QED) is 0.340. The highest BCUT2D eigenvalue weighted by Crippen LogP contribution is 2.28. The molecule has 2 unspecified atom stereocenters. The molecule has 0 aromatic rings. The average Bonchev–Trinajstić information content (AvgIpc) is 3.00. The summed E-state index contributed by atoms with van der Waals surface area (Å²) >= 11 is 1.97. The lowest BCUT2D eigenvalue weighted by molar-refractivity contribution is -0.140. The molecule has 9 heteroatoms. The van der Waals surface area contributed by atoms with Crippen molar-refractivity contribution < 1.29 is 23.7 Å². The zero-order valence-electron chi connectivity index (χ0n) is 15.2. The van der Waals surface area contributed by atoms with Crippen molar-refractivity contribution in [3.8, 4) is 0 Å². The number of imide groups is 2. The number of carbonyl (C=O) groups excluding carboxylic acids is 4. The summed E-state index contributed by atoms with van der Waals surface area (Å²) in [5.41, 5.74) is 0. The number of likely N-dealkylation sites (tertiary alicyclic amines) is 2. The van der Waals surface area contributed by atoms with Crippen LogP contribution >= 0.6 is 23.8 Å². The molecule has 1 N–H and O–H groups in total. The Balaban J connectivity index is 1.64. The van der Waals surface area contributed by atoms with Crippen LogP contribution in [0.2, 0.25) is 0 Å². The number of nitrogens with zero attached hydrogens (tertiary/aromatic N) is 2. The maximum atomic E-state index is 12.3. The number of unbranched alkanes of at least 4 members (excludes halogenated alkanes) is 3. The predicted molar refractivity (Wildman–Crippen MR) is 102 cm³/mol. The molecule has 2 heterocycles. The number of hydrogen-bond acceptors (Lipinski definition) is 7. The van der Waals surface area contributed by atoms with E-state index in [1.165, 1.54) is 9.80 Å². The number of carbonyl (C=O) groups is 4. The van der Waals surface area contributed by atoms with Crippen molar-refractivity contribution in [1.29, 1.82) is 0 Å². The third kappa shape index (κ3) is 5.23. The van der Waals surface area contributed by atoms with Crippen LogP contribution in [0.1, 0.15) is 52.4 Å². The van der Waals surface area contributed by atoms with E-state index in [0.29, 0.717) is 43.2 Å². The molecule has 2 saturated heterocycles. The smallest absolute Gasteiger partial charge is 0.245 e. The minimum atomic E-state index is -0.661. The van der Waals surface area contributed by atoms with E-state index in [-0.39, 0.29) is 35.3 Å². The van der Waals surface area contributed by atoms with Crippen LogP contribution in [0.15, 0.2) is 0 Å². The summed E-state index contributed by atoms with van der Waals surface area (Å²) < 4.78 is 8.98. The number of amides is 4. The summed E-state index contributed by atoms with van der Waals surface area (Å²) in [6.45, 7) is 4.84. The molecular formula is C17H26N2O5S2. The first-order valence-corrected chi connectivity index (χ1v) is 10.8. The lowest BCUT2D eigenvalue weighted by atomic mass is 10.2. The zero-order valence-corrected chi connectivity index (χ0v) is 16.8. The van der Waals surface area contributed by atoms with Gasteiger partial charge in [-0.1, -0.05) is 26.7 Å². The van der Waals surface area contributed by atoms with Crippen molar-refractivity contribution in [3.63, 3.8) is 0 Å². The van der Waals surface area contributed by atoms with Crippen LogP contribution in [0, 0.1) is 0 Å². The first kappa shape index (κ1) is 21.2. The van der Waals surface area contributed by atoms with Gasteiger partial charge in [-0.05, 0) is 18.1 Å². The van der Waals surface area contributed by atoms with E-state index in [1.807, 2.05) is 13.8 Å². The molecule has 146 valence electrons. The summed E-state index contributed by atoms with van der Waals surface area (Å²) in [6, 6.07) is 0. The van der Waals surface area contributed by atoms with Gasteiger partial charge in [-0.25, -0.2) is 0 Å². The van der Waals surface area contributed by atoms with Gasteiger partial charge in [0.1, 0.15) is 5.25 Å². The van der Waals surface area contributed by atoms with Gasteiger partial charge in [-0.2, -0.15) is 0 Å². The Morgan fingerprint density at radius 3 is 1.77 bits per heavy atom. The summed E-state index contributed by atoms with van der Waals surface area (Å²) in [6.07, 6.45) is 3.42. The molecular weight excluding hydrogens is 376 g/mol. The standard InChI is InChI=1S/C17H26N2O5S2/c1-11(2)25-12-9-14(20)18(16(12)22)7-5-3-4-6-8-19-15(21)10-13(26-24)17(19)23/h11-13,24H,3-10H2,1-2H3. The van der Waals surface area contributed by atoms with E-state index < -0.39 is 5.25 Å². The minimum absolute atomic E-state index is 0.0642. The van der Waals surface area contributed by atoms with Crippen LogP contribution in [0.3, 0.4) is 0 Å². The summed E-state index contributed by atoms with van der Waals surface area (Å²) in [4.78, 5) is 50.4. The lowest BCUT2D eigenvalue weighted by Gasteiger charge is -2.16. The van der Waals surface area contributed by atoms with E-state index in [2.05, 4.69) is 0 Å². The number of thioether (sulfide) groups is 1. The van der Waals surface area contributed by atoms with Crippen LogP contribution in [0.5, 0.6) is 0 Å². The van der Waals surface area contributed by atoms with Gasteiger partial charge in [-0.15, -0.1) is 11.8 Å². The maximum absolute atomic E-state index is 12.3. The molecule has 2 aliphatic rings. The van der Waals surface area contributed by atoms with Gasteiger partial charge < -0.3 is 4.55 Å². The molecule has 2 aliphatic heterocycles. The van der Waals surface area contributed by atoms with Crippen molar-refractivity contribution >= 4 is 47.4 Å². The highest BCUT2D eigenvalue weighted by molar-refractivity contribution is 8.01. The fraction of sp³-hybridized carbons (Fsp3) is 0.765. The van der Waals surface area contributed by atoms with E-state index in [9.17, 15) is 19.2 Å². The molecule has 0 aliphatic carbocycles. The molecule has 2 rings (SSSR count). The third-order valence-electron chi connectivity index (χ3n) is 4.48. The van der Waals surface area contributed by atoms with E-state index in [1.54, 1.807) is 11.8 Å². The third-order valence-corrected chi connectivity index (χ3v) is 6.35. The monoisotopic (exact) mass is 402 g/mol. The summed E-state index contributed by atoms with van der Waals surface area (Å²) in [5.74, 6) is -0.712. The van der Waals surface area contributed by atoms with E-state index in [4.69, 9.17) is 4.55 Å². The Hall–Kier alpha value is -1.06. The Labute approximate surface area is 162 Å². The van der Waals surface area contributed by atoms with E-state index >= 15 is 0 Å². The van der Waals surface area contributed by atoms with Crippen LogP contribution in [-0.2, 0) is 19.2 Å². The maximum Gasteiger partial charge on any atom is 0.245 e. The molecule has 0 bridgehead atoms. The molecule has 26 heavy (non-hydrogen) atoms. The van der Waals surface area contributed by atoms with Crippen LogP contribution in [0.4, 0.5) is 0 Å². The normalized spacial score (nSPS) is 23.8. The minimum Gasteiger partial charge on any atom is -0.329 e. The summed E-state index contributed by atoms with van der Waals surface area (Å²) in [5, 5.41) is -0.588. The molecule has 0 aromatic carbocycles.